The first-order valence-corrected chi connectivity index (χ1v) is 10.4. The number of nitrogens with zero attached hydrogens (tertiary/aromatic N) is 3. The van der Waals surface area contributed by atoms with Crippen molar-refractivity contribution in [2.45, 2.75) is 18.7 Å². The van der Waals surface area contributed by atoms with E-state index in [1.54, 1.807) is 0 Å². The number of nitrogens with one attached hydrogen (secondary N) is 2. The van der Waals surface area contributed by atoms with Gasteiger partial charge in [0.1, 0.15) is 10.7 Å². The fourth-order valence-corrected chi connectivity index (χ4v) is 3.39. The minimum atomic E-state index is -3.79. The van der Waals surface area contributed by atoms with Gasteiger partial charge in [0.05, 0.1) is 17.6 Å². The Morgan fingerprint density at radius 2 is 1.62 bits per heavy atom. The average Bonchev–Trinajstić information content (AvgIpc) is 2.64. The van der Waals surface area contributed by atoms with E-state index in [9.17, 15) is 8.42 Å². The molecule has 6 N–H and O–H groups in total. The number of benzene rings is 1. The number of hydrogen-bond acceptors (Lipinski definition) is 8. The molecule has 0 aliphatic carbocycles. The Morgan fingerprint density at radius 1 is 0.931 bits per heavy atom. The molecule has 0 saturated carbocycles. The van der Waals surface area contributed by atoms with Crippen molar-refractivity contribution in [3.63, 3.8) is 0 Å². The first-order chi connectivity index (χ1) is 13.7. The summed E-state index contributed by atoms with van der Waals surface area (Å²) in [5.74, 6) is 0.784. The van der Waals surface area contributed by atoms with Crippen LogP contribution in [0.25, 0.3) is 11.3 Å². The van der Waals surface area contributed by atoms with Crippen molar-refractivity contribution < 1.29 is 8.42 Å². The molecule has 0 aliphatic heterocycles. The number of aryl methyl sites for hydroxylation is 2. The Labute approximate surface area is 169 Å². The lowest BCUT2D eigenvalue weighted by molar-refractivity contribution is 0.597. The van der Waals surface area contributed by atoms with Gasteiger partial charge in [0, 0.05) is 30.9 Å². The third kappa shape index (κ3) is 5.62. The van der Waals surface area contributed by atoms with E-state index in [2.05, 4.69) is 31.7 Å². The van der Waals surface area contributed by atoms with Crippen molar-refractivity contribution in [2.75, 3.05) is 29.5 Å². The Kier molecular flexibility index (Phi) is 5.95. The third-order valence-corrected chi connectivity index (χ3v) is 4.94. The largest absolute Gasteiger partial charge is 0.382 e. The number of primary sulfonamides is 1. The highest BCUT2D eigenvalue weighted by molar-refractivity contribution is 7.89. The van der Waals surface area contributed by atoms with Gasteiger partial charge in [0.2, 0.25) is 16.0 Å². The minimum absolute atomic E-state index is 0.0443. The number of hydrogen-bond donors (Lipinski definition) is 4. The first kappa shape index (κ1) is 20.5. The molecule has 0 fully saturated rings. The molecule has 1 aromatic carbocycles. The molecule has 0 radical (unpaired) electrons. The molecule has 0 unspecified atom stereocenters. The Morgan fingerprint density at radius 3 is 2.31 bits per heavy atom. The highest BCUT2D eigenvalue weighted by Gasteiger charge is 2.09. The lowest BCUT2D eigenvalue weighted by Crippen LogP contribution is -2.16. The maximum atomic E-state index is 11.4. The van der Waals surface area contributed by atoms with Crippen LogP contribution in [0.5, 0.6) is 0 Å². The van der Waals surface area contributed by atoms with Crippen molar-refractivity contribution >= 4 is 27.5 Å². The topological polar surface area (TPSA) is 149 Å². The van der Waals surface area contributed by atoms with E-state index < -0.39 is 10.0 Å². The molecule has 3 rings (SSSR count). The molecule has 0 bridgehead atoms. The summed E-state index contributed by atoms with van der Waals surface area (Å²) < 4.78 is 22.8. The lowest BCUT2D eigenvalue weighted by atomic mass is 10.0. The van der Waals surface area contributed by atoms with E-state index >= 15 is 0 Å². The number of pyridine rings is 1. The van der Waals surface area contributed by atoms with Gasteiger partial charge in [-0.3, -0.25) is 4.98 Å². The second-order valence-corrected chi connectivity index (χ2v) is 8.24. The van der Waals surface area contributed by atoms with Crippen LogP contribution in [0.3, 0.4) is 0 Å². The predicted molar refractivity (Wildman–Crippen MR) is 114 cm³/mol. The Balaban J connectivity index is 1.65. The highest BCUT2D eigenvalue weighted by atomic mass is 32.2. The van der Waals surface area contributed by atoms with E-state index in [0.717, 1.165) is 22.4 Å². The Hall–Kier alpha value is -3.24. The quantitative estimate of drug-likeness (QED) is 0.429. The lowest BCUT2D eigenvalue weighted by Gasteiger charge is -2.11. The fourth-order valence-electron chi connectivity index (χ4n) is 2.90. The molecule has 9 nitrogen and oxygen atoms in total. The summed E-state index contributed by atoms with van der Waals surface area (Å²) >= 11 is 0. The van der Waals surface area contributed by atoms with Crippen molar-refractivity contribution in [1.29, 1.82) is 0 Å². The minimum Gasteiger partial charge on any atom is -0.382 e. The van der Waals surface area contributed by atoms with Crippen LogP contribution >= 0.6 is 0 Å². The summed E-state index contributed by atoms with van der Waals surface area (Å²) in [5.41, 5.74) is 10.4. The zero-order chi connectivity index (χ0) is 21.0. The maximum absolute atomic E-state index is 11.4. The van der Waals surface area contributed by atoms with Gasteiger partial charge in [0.15, 0.2) is 0 Å². The smallest absolute Gasteiger partial charge is 0.239 e. The molecule has 29 heavy (non-hydrogen) atoms. The Bertz CT molecular complexity index is 1110. The SMILES string of the molecule is Cc1cc(C)cc(-c2cc(NCCNc3cncc(S(N)(=O)=O)c3)nc(N)n2)c1. The normalized spacial score (nSPS) is 11.3. The van der Waals surface area contributed by atoms with Crippen molar-refractivity contribution in [3.05, 3.63) is 53.9 Å². The van der Waals surface area contributed by atoms with Gasteiger partial charge in [-0.1, -0.05) is 17.2 Å². The molecule has 0 atom stereocenters. The summed E-state index contributed by atoms with van der Waals surface area (Å²) in [6.07, 6.45) is 2.73. The molecule has 10 heteroatoms. The van der Waals surface area contributed by atoms with Crippen molar-refractivity contribution in [1.82, 2.24) is 15.0 Å². The summed E-state index contributed by atoms with van der Waals surface area (Å²) in [7, 11) is -3.79. The number of rotatable bonds is 7. The van der Waals surface area contributed by atoms with Crippen LogP contribution in [0.15, 0.2) is 47.6 Å². The second-order valence-electron chi connectivity index (χ2n) is 6.68. The van der Waals surface area contributed by atoms with Gasteiger partial charge < -0.3 is 16.4 Å². The first-order valence-electron chi connectivity index (χ1n) is 8.89. The molecular weight excluding hydrogens is 390 g/mol. The van der Waals surface area contributed by atoms with Crippen LogP contribution in [-0.2, 0) is 10.0 Å². The number of anilines is 3. The van der Waals surface area contributed by atoms with Crippen molar-refractivity contribution in [3.8, 4) is 11.3 Å². The molecular formula is C19H23N7O2S. The third-order valence-electron chi connectivity index (χ3n) is 4.06. The number of sulfonamides is 1. The molecule has 0 aliphatic rings. The number of nitrogen functional groups attached to an aromatic ring is 1. The van der Waals surface area contributed by atoms with Gasteiger partial charge in [0.25, 0.3) is 0 Å². The zero-order valence-corrected chi connectivity index (χ0v) is 17.0. The summed E-state index contributed by atoms with van der Waals surface area (Å²) in [6.45, 7) is 5.08. The molecule has 2 heterocycles. The molecule has 3 aromatic rings. The van der Waals surface area contributed by atoms with Crippen LogP contribution in [-0.4, -0.2) is 36.5 Å². The van der Waals surface area contributed by atoms with Crippen LogP contribution in [0.4, 0.5) is 17.5 Å². The molecule has 152 valence electrons. The summed E-state index contributed by atoms with van der Waals surface area (Å²) in [4.78, 5) is 12.4. The van der Waals surface area contributed by atoms with Crippen LogP contribution in [0, 0.1) is 13.8 Å². The average molecular weight is 414 g/mol. The highest BCUT2D eigenvalue weighted by Crippen LogP contribution is 2.23. The number of nitrogens with two attached hydrogens (primary N) is 2. The second kappa shape index (κ2) is 8.41. The number of aromatic nitrogens is 3. The van der Waals surface area contributed by atoms with Gasteiger partial charge >= 0.3 is 0 Å². The van der Waals surface area contributed by atoms with E-state index in [1.807, 2.05) is 32.0 Å². The fraction of sp³-hybridized carbons (Fsp3) is 0.211. The van der Waals surface area contributed by atoms with Gasteiger partial charge in [-0.25, -0.2) is 18.5 Å². The van der Waals surface area contributed by atoms with Crippen LogP contribution in [0.1, 0.15) is 11.1 Å². The monoisotopic (exact) mass is 413 g/mol. The predicted octanol–water partition coefficient (Wildman–Crippen LogP) is 1.91. The van der Waals surface area contributed by atoms with Crippen LogP contribution < -0.4 is 21.5 Å². The van der Waals surface area contributed by atoms with E-state index in [0.29, 0.717) is 24.6 Å². The van der Waals surface area contributed by atoms with Crippen LogP contribution in [0.2, 0.25) is 0 Å². The maximum Gasteiger partial charge on any atom is 0.239 e. The summed E-state index contributed by atoms with van der Waals surface area (Å²) in [6, 6.07) is 9.47. The van der Waals surface area contributed by atoms with E-state index in [1.165, 1.54) is 18.5 Å². The summed E-state index contributed by atoms with van der Waals surface area (Å²) in [5, 5.41) is 11.4. The molecule has 2 aromatic heterocycles. The van der Waals surface area contributed by atoms with Gasteiger partial charge in [-0.2, -0.15) is 4.98 Å². The zero-order valence-electron chi connectivity index (χ0n) is 16.2. The molecule has 0 spiro atoms. The van der Waals surface area contributed by atoms with E-state index in [-0.39, 0.29) is 10.8 Å². The molecule has 0 saturated heterocycles. The van der Waals surface area contributed by atoms with Crippen molar-refractivity contribution in [2.24, 2.45) is 5.14 Å². The van der Waals surface area contributed by atoms with Gasteiger partial charge in [-0.15, -0.1) is 0 Å². The molecule has 0 amide bonds. The van der Waals surface area contributed by atoms with Gasteiger partial charge in [-0.05, 0) is 32.0 Å². The van der Waals surface area contributed by atoms with E-state index in [4.69, 9.17) is 10.9 Å². The standard InChI is InChI=1S/C19H23N7O2S/c1-12-5-13(2)7-14(6-12)17-9-18(26-19(20)25-17)24-4-3-23-15-8-16(11-22-10-15)29(21,27)28/h5-11,23H,3-4H2,1-2H3,(H2,21,27,28)(H3,20,24,25,26).